The van der Waals surface area contributed by atoms with Crippen LogP contribution in [0.25, 0.3) is 22.2 Å². The Morgan fingerprint density at radius 2 is 1.75 bits per heavy atom. The lowest BCUT2D eigenvalue weighted by Crippen LogP contribution is -2.57. The zero-order chi connectivity index (χ0) is 42.0. The number of hydrogen-bond donors (Lipinski definition) is 1. The lowest BCUT2D eigenvalue weighted by atomic mass is 9.81. The Morgan fingerprint density at radius 1 is 1.02 bits per heavy atom. The van der Waals surface area contributed by atoms with Gasteiger partial charge < -0.3 is 29.1 Å². The van der Waals surface area contributed by atoms with Gasteiger partial charge in [0.25, 0.3) is 5.91 Å². The molecule has 3 aliphatic carbocycles. The van der Waals surface area contributed by atoms with Gasteiger partial charge in [0, 0.05) is 66.9 Å². The highest BCUT2D eigenvalue weighted by atomic mass is 32.2. The van der Waals surface area contributed by atoms with Crippen molar-refractivity contribution >= 4 is 45.8 Å². The molecule has 4 amide bonds. The van der Waals surface area contributed by atoms with E-state index in [4.69, 9.17) is 14.5 Å². The maximum Gasteiger partial charge on any atom is 0.260 e. The Morgan fingerprint density at radius 3 is 2.42 bits per heavy atom. The van der Waals surface area contributed by atoms with Gasteiger partial charge in [-0.1, -0.05) is 68.5 Å². The largest absolute Gasteiger partial charge is 0.755 e. The van der Waals surface area contributed by atoms with Crippen molar-refractivity contribution in [2.75, 3.05) is 26.7 Å². The van der Waals surface area contributed by atoms with E-state index in [0.717, 1.165) is 66.6 Å². The molecule has 0 radical (unpaired) electrons. The molecule has 3 aromatic rings. The number of aromatic nitrogens is 1. The van der Waals surface area contributed by atoms with Gasteiger partial charge in [0.15, 0.2) is 0 Å². The molecule has 2 saturated heterocycles. The second-order valence-corrected chi connectivity index (χ2v) is 18.2. The first-order valence-corrected chi connectivity index (χ1v) is 22.8. The molecule has 3 heterocycles. The molecule has 0 spiro atoms. The van der Waals surface area contributed by atoms with Crippen LogP contribution in [0.15, 0.2) is 67.3 Å². The number of fused-ring (bicyclic) bond motifs is 1. The molecule has 320 valence electrons. The number of carbonyl (C=O) groups excluding carboxylic acids is 4. The van der Waals surface area contributed by atoms with Gasteiger partial charge in [-0.3, -0.25) is 27.7 Å². The zero-order valence-electron chi connectivity index (χ0n) is 34.4. The predicted octanol–water partition coefficient (Wildman–Crippen LogP) is 6.09. The summed E-state index contributed by atoms with van der Waals surface area (Å²) in [6.07, 6.45) is 11.2. The molecule has 6 atom stereocenters. The van der Waals surface area contributed by atoms with E-state index in [0.29, 0.717) is 61.0 Å². The number of likely N-dealkylation sites (tertiary alicyclic amines) is 2. The Kier molecular flexibility index (Phi) is 12.6. The number of nitrogens with zero attached hydrogens (tertiary/aromatic N) is 4. The van der Waals surface area contributed by atoms with E-state index in [-0.39, 0.29) is 37.6 Å². The van der Waals surface area contributed by atoms with Crippen LogP contribution in [0, 0.1) is 17.8 Å². The van der Waals surface area contributed by atoms with Gasteiger partial charge in [0.1, 0.15) is 29.2 Å². The molecule has 13 nitrogen and oxygen atoms in total. The van der Waals surface area contributed by atoms with E-state index in [2.05, 4.69) is 11.9 Å². The quantitative estimate of drug-likeness (QED) is 0.141. The van der Waals surface area contributed by atoms with Crippen LogP contribution in [-0.2, 0) is 30.4 Å². The van der Waals surface area contributed by atoms with Crippen LogP contribution in [0.2, 0.25) is 0 Å². The topological polar surface area (TPSA) is 162 Å². The number of pyridine rings is 1. The molecular formula is C46H56N5O8S-. The summed E-state index contributed by atoms with van der Waals surface area (Å²) >= 11 is -2.82. The van der Waals surface area contributed by atoms with Gasteiger partial charge in [-0.05, 0) is 63.0 Å². The Bertz CT molecular complexity index is 2120. The molecule has 2 aromatic carbocycles. The number of carbonyl (C=O) groups is 4. The average molecular weight is 839 g/mol. The second kappa shape index (κ2) is 18.0. The first-order valence-electron chi connectivity index (χ1n) is 21.7. The molecule has 1 aromatic heterocycles. The lowest BCUT2D eigenvalue weighted by molar-refractivity contribution is -0.146. The molecular weight excluding hydrogens is 783 g/mol. The van der Waals surface area contributed by atoms with Crippen molar-refractivity contribution in [3.05, 3.63) is 67.3 Å². The number of hydrogen-bond acceptors (Lipinski definition) is 9. The van der Waals surface area contributed by atoms with Crippen LogP contribution < -0.4 is 14.8 Å². The highest BCUT2D eigenvalue weighted by Crippen LogP contribution is 2.48. The summed E-state index contributed by atoms with van der Waals surface area (Å²) in [7, 11) is 1.59. The second-order valence-electron chi connectivity index (χ2n) is 17.4. The standard InChI is InChI=1S/C46H57N5O8S/c1-3-33-28-46(33,45(55)51(60(56)57)34-17-18-34)48-43(53)40-26-36(59-41-27-38(31-15-9-5-10-16-31)47-39-25-35(58-2)19-20-37(39)41)29-50(40)44(54)32(23-30-13-7-4-8-14-30)24-42(52)49-21-11-6-12-22-49/h3,5,9-10,15-16,19-20,25,27,30,32-34,36,40H,1,4,6-8,11-14,17-18,21-24,26,28-29H2,2H3,(H,48,53)(H,56,57)/p-1/t32-,33-,36+,40-,46+/m0/s1. The molecule has 60 heavy (non-hydrogen) atoms. The summed E-state index contributed by atoms with van der Waals surface area (Å²) in [5, 5.41) is 3.69. The molecule has 5 fully saturated rings. The number of rotatable bonds is 15. The third-order valence-corrected chi connectivity index (χ3v) is 14.1. The molecule has 8 rings (SSSR count). The fourth-order valence-corrected chi connectivity index (χ4v) is 10.5. The third kappa shape index (κ3) is 8.95. The normalized spacial score (nSPS) is 25.3. The summed E-state index contributed by atoms with van der Waals surface area (Å²) < 4.78 is 37.9. The Labute approximate surface area is 354 Å². The third-order valence-electron chi connectivity index (χ3n) is 13.3. The minimum Gasteiger partial charge on any atom is -0.755 e. The first kappa shape index (κ1) is 41.9. The van der Waals surface area contributed by atoms with Crippen LogP contribution in [0.5, 0.6) is 11.5 Å². The van der Waals surface area contributed by atoms with E-state index in [9.17, 15) is 23.1 Å². The van der Waals surface area contributed by atoms with Crippen LogP contribution in [-0.4, -0.2) is 102 Å². The molecule has 5 aliphatic rings. The number of methoxy groups -OCH3 is 1. The van der Waals surface area contributed by atoms with Gasteiger partial charge in [-0.25, -0.2) is 4.98 Å². The van der Waals surface area contributed by atoms with Crippen molar-refractivity contribution in [3.8, 4) is 22.8 Å². The van der Waals surface area contributed by atoms with Crippen molar-refractivity contribution < 1.29 is 37.4 Å². The number of benzene rings is 2. The van der Waals surface area contributed by atoms with Gasteiger partial charge >= 0.3 is 0 Å². The van der Waals surface area contributed by atoms with Crippen molar-refractivity contribution in [1.82, 2.24) is 24.4 Å². The van der Waals surface area contributed by atoms with Gasteiger partial charge in [-0.2, -0.15) is 0 Å². The number of nitrogens with one attached hydrogen (secondary N) is 1. The fourth-order valence-electron chi connectivity index (χ4n) is 9.71. The predicted molar refractivity (Wildman–Crippen MR) is 226 cm³/mol. The van der Waals surface area contributed by atoms with E-state index in [1.165, 1.54) is 0 Å². The molecule has 3 saturated carbocycles. The van der Waals surface area contributed by atoms with E-state index >= 15 is 4.79 Å². The van der Waals surface area contributed by atoms with Crippen LogP contribution >= 0.6 is 0 Å². The van der Waals surface area contributed by atoms with Crippen LogP contribution in [0.3, 0.4) is 0 Å². The van der Waals surface area contributed by atoms with E-state index in [1.54, 1.807) is 18.1 Å². The Hall–Kier alpha value is -4.82. The van der Waals surface area contributed by atoms with Crippen LogP contribution in [0.4, 0.5) is 0 Å². The molecule has 2 aliphatic heterocycles. The SMILES string of the molecule is C=C[C@H]1C[C@]1(NC(=O)[C@@H]1C[C@@H](Oc2cc(-c3ccccc3)nc3cc(OC)ccc23)CN1C(=O)[C@H](CC(=O)N1CCCCC1)CC1CCCCC1)C(=O)N(C1CC1)S(=O)[O-]. The first-order chi connectivity index (χ1) is 29.1. The summed E-state index contributed by atoms with van der Waals surface area (Å²) in [4.78, 5) is 66.1. The Balaban J connectivity index is 1.12. The summed E-state index contributed by atoms with van der Waals surface area (Å²) in [6.45, 7) is 5.30. The van der Waals surface area contributed by atoms with E-state index < -0.39 is 58.6 Å². The zero-order valence-corrected chi connectivity index (χ0v) is 35.2. The number of piperidine rings is 1. The summed E-state index contributed by atoms with van der Waals surface area (Å²) in [6, 6.07) is 15.7. The van der Waals surface area contributed by atoms with Gasteiger partial charge in [0.05, 0.1) is 36.1 Å². The average Bonchev–Trinajstić information content (AvgIpc) is 4.20. The molecule has 0 bridgehead atoms. The van der Waals surface area contributed by atoms with Crippen molar-refractivity contribution in [2.45, 2.75) is 114 Å². The summed E-state index contributed by atoms with van der Waals surface area (Å²) in [5.41, 5.74) is 0.712. The minimum absolute atomic E-state index is 0.0360. The van der Waals surface area contributed by atoms with Crippen molar-refractivity contribution in [3.63, 3.8) is 0 Å². The summed E-state index contributed by atoms with van der Waals surface area (Å²) in [5.74, 6) is -1.22. The fraction of sp³-hybridized carbons (Fsp3) is 0.543. The lowest BCUT2D eigenvalue weighted by Gasteiger charge is -2.34. The molecule has 1 unspecified atom stereocenters. The maximum atomic E-state index is 15.1. The van der Waals surface area contributed by atoms with Gasteiger partial charge in [0.2, 0.25) is 17.7 Å². The van der Waals surface area contributed by atoms with E-state index in [1.807, 2.05) is 59.5 Å². The highest BCUT2D eigenvalue weighted by Gasteiger charge is 2.63. The maximum absolute atomic E-state index is 15.1. The number of amides is 4. The van der Waals surface area contributed by atoms with Gasteiger partial charge in [-0.15, -0.1) is 6.58 Å². The monoisotopic (exact) mass is 838 g/mol. The van der Waals surface area contributed by atoms with Crippen molar-refractivity contribution in [2.24, 2.45) is 17.8 Å². The number of ether oxygens (including phenoxy) is 2. The van der Waals surface area contributed by atoms with Crippen LogP contribution in [0.1, 0.15) is 89.9 Å². The molecule has 1 N–H and O–H groups in total. The minimum atomic E-state index is -2.82. The molecule has 14 heteroatoms. The smallest absolute Gasteiger partial charge is 0.260 e. The van der Waals surface area contributed by atoms with Crippen molar-refractivity contribution in [1.29, 1.82) is 0 Å². The highest BCUT2D eigenvalue weighted by molar-refractivity contribution is 7.77.